The van der Waals surface area contributed by atoms with Crippen LogP contribution < -0.4 is 5.32 Å². The van der Waals surface area contributed by atoms with E-state index in [2.05, 4.69) is 15.4 Å². The zero-order chi connectivity index (χ0) is 19.5. The zero-order valence-electron chi connectivity index (χ0n) is 15.6. The molecule has 7 heteroatoms. The highest BCUT2D eigenvalue weighted by Gasteiger charge is 2.36. The Hall–Kier alpha value is -3.48. The Labute approximate surface area is 163 Å². The Morgan fingerprint density at radius 1 is 1.04 bits per heavy atom. The highest BCUT2D eigenvalue weighted by Crippen LogP contribution is 2.24. The molecule has 1 fully saturated rings. The van der Waals surface area contributed by atoms with Gasteiger partial charge in [0.1, 0.15) is 6.04 Å². The zero-order valence-corrected chi connectivity index (χ0v) is 15.6. The maximum absolute atomic E-state index is 13.1. The number of amides is 2. The predicted molar refractivity (Wildman–Crippen MR) is 105 cm³/mol. The number of benzene rings is 2. The summed E-state index contributed by atoms with van der Waals surface area (Å²) < 4.78 is 1.67. The number of hydrogen-bond acceptors (Lipinski definition) is 4. The van der Waals surface area contributed by atoms with Crippen molar-refractivity contribution in [3.05, 3.63) is 66.5 Å². The molecule has 0 saturated carbocycles. The van der Waals surface area contributed by atoms with Gasteiger partial charge in [0.05, 0.1) is 5.69 Å². The van der Waals surface area contributed by atoms with Crippen LogP contribution in [0.4, 0.5) is 0 Å². The number of carbonyl (C=O) groups excluding carboxylic acids is 2. The van der Waals surface area contributed by atoms with E-state index < -0.39 is 6.04 Å². The fraction of sp³-hybridized carbons (Fsp3) is 0.238. The molecule has 1 aromatic heterocycles. The fourth-order valence-corrected chi connectivity index (χ4v) is 3.50. The van der Waals surface area contributed by atoms with Crippen LogP contribution in [0.1, 0.15) is 23.5 Å². The molecular weight excluding hydrogens is 354 g/mol. The van der Waals surface area contributed by atoms with Crippen LogP contribution in [0.25, 0.3) is 17.1 Å². The third-order valence-corrected chi connectivity index (χ3v) is 4.89. The topological polar surface area (TPSA) is 80.1 Å². The van der Waals surface area contributed by atoms with Crippen LogP contribution in [-0.2, 0) is 4.79 Å². The Kier molecular flexibility index (Phi) is 4.89. The summed E-state index contributed by atoms with van der Waals surface area (Å²) in [6, 6.07) is 18.7. The summed E-state index contributed by atoms with van der Waals surface area (Å²) in [6.07, 6.45) is 1.44. The molecule has 1 aliphatic heterocycles. The highest BCUT2D eigenvalue weighted by atomic mass is 16.2. The Morgan fingerprint density at radius 2 is 1.71 bits per heavy atom. The van der Waals surface area contributed by atoms with E-state index in [1.165, 1.54) is 0 Å². The molecule has 7 nitrogen and oxygen atoms in total. The summed E-state index contributed by atoms with van der Waals surface area (Å²) in [4.78, 5) is 31.4. The highest BCUT2D eigenvalue weighted by molar-refractivity contribution is 5.95. The van der Waals surface area contributed by atoms with Gasteiger partial charge >= 0.3 is 0 Å². The Balaban J connectivity index is 1.75. The molecule has 2 heterocycles. The Morgan fingerprint density at radius 3 is 2.39 bits per heavy atom. The van der Waals surface area contributed by atoms with Gasteiger partial charge in [-0.15, -0.1) is 5.10 Å². The number of para-hydroxylation sites is 1. The van der Waals surface area contributed by atoms with Crippen molar-refractivity contribution in [1.82, 2.24) is 25.0 Å². The number of likely N-dealkylation sites (N-methyl/N-ethyl adjacent to an activating group) is 1. The minimum absolute atomic E-state index is 0.0958. The molecular formula is C21H21N5O2. The van der Waals surface area contributed by atoms with E-state index in [9.17, 15) is 9.59 Å². The van der Waals surface area contributed by atoms with Crippen molar-refractivity contribution in [3.8, 4) is 17.1 Å². The van der Waals surface area contributed by atoms with Crippen molar-refractivity contribution < 1.29 is 9.59 Å². The van der Waals surface area contributed by atoms with E-state index in [4.69, 9.17) is 0 Å². The fourth-order valence-electron chi connectivity index (χ4n) is 3.50. The van der Waals surface area contributed by atoms with Gasteiger partial charge in [0.25, 0.3) is 5.91 Å². The number of nitrogens with zero attached hydrogens (tertiary/aromatic N) is 4. The summed E-state index contributed by atoms with van der Waals surface area (Å²) in [5.74, 6) is 0.207. The van der Waals surface area contributed by atoms with E-state index in [1.807, 2.05) is 60.7 Å². The molecule has 1 N–H and O–H groups in total. The molecule has 1 saturated heterocycles. The van der Waals surface area contributed by atoms with Gasteiger partial charge in [-0.05, 0) is 25.0 Å². The SMILES string of the molecule is CNC(=O)C1CCCN1C(=O)c1nc(-c2ccccc2)n(-c2ccccc2)n1. The minimum atomic E-state index is -0.471. The molecule has 1 unspecified atom stereocenters. The molecule has 0 spiro atoms. The maximum Gasteiger partial charge on any atom is 0.294 e. The lowest BCUT2D eigenvalue weighted by atomic mass is 10.2. The lowest BCUT2D eigenvalue weighted by Gasteiger charge is -2.21. The van der Waals surface area contributed by atoms with Gasteiger partial charge in [-0.2, -0.15) is 0 Å². The van der Waals surface area contributed by atoms with Gasteiger partial charge in [0.15, 0.2) is 5.82 Å². The van der Waals surface area contributed by atoms with Crippen LogP contribution in [0.3, 0.4) is 0 Å². The molecule has 2 aromatic carbocycles. The average Bonchev–Trinajstić information content (AvgIpc) is 3.42. The van der Waals surface area contributed by atoms with E-state index in [-0.39, 0.29) is 17.6 Å². The van der Waals surface area contributed by atoms with Crippen molar-refractivity contribution in [2.24, 2.45) is 0 Å². The number of carbonyl (C=O) groups is 2. The van der Waals surface area contributed by atoms with Crippen molar-refractivity contribution in [2.75, 3.05) is 13.6 Å². The van der Waals surface area contributed by atoms with Gasteiger partial charge in [0.2, 0.25) is 11.7 Å². The van der Waals surface area contributed by atoms with Gasteiger partial charge in [-0.3, -0.25) is 9.59 Å². The lowest BCUT2D eigenvalue weighted by Crippen LogP contribution is -2.45. The van der Waals surface area contributed by atoms with Crippen molar-refractivity contribution in [3.63, 3.8) is 0 Å². The number of nitrogens with one attached hydrogen (secondary N) is 1. The first-order valence-corrected chi connectivity index (χ1v) is 9.29. The molecule has 0 bridgehead atoms. The van der Waals surface area contributed by atoms with E-state index >= 15 is 0 Å². The molecule has 2 amide bonds. The normalized spacial score (nSPS) is 16.2. The van der Waals surface area contributed by atoms with Crippen LogP contribution in [-0.4, -0.2) is 51.1 Å². The first kappa shape index (κ1) is 17.9. The molecule has 0 radical (unpaired) electrons. The van der Waals surface area contributed by atoms with Crippen LogP contribution in [0.2, 0.25) is 0 Å². The smallest absolute Gasteiger partial charge is 0.294 e. The number of likely N-dealkylation sites (tertiary alicyclic amines) is 1. The second kappa shape index (κ2) is 7.64. The standard InChI is InChI=1S/C21H21N5O2/c1-22-20(27)17-13-8-14-25(17)21(28)18-23-19(15-9-4-2-5-10-15)26(24-18)16-11-6-3-7-12-16/h2-7,9-12,17H,8,13-14H2,1H3,(H,22,27). The van der Waals surface area contributed by atoms with Crippen molar-refractivity contribution in [2.45, 2.75) is 18.9 Å². The molecule has 28 heavy (non-hydrogen) atoms. The molecule has 1 aliphatic rings. The molecule has 1 atom stereocenters. The third-order valence-electron chi connectivity index (χ3n) is 4.89. The summed E-state index contributed by atoms with van der Waals surface area (Å²) in [5, 5.41) is 7.14. The van der Waals surface area contributed by atoms with Crippen LogP contribution >= 0.6 is 0 Å². The van der Waals surface area contributed by atoms with Gasteiger partial charge < -0.3 is 10.2 Å². The Bertz CT molecular complexity index is 928. The minimum Gasteiger partial charge on any atom is -0.357 e. The molecule has 4 rings (SSSR count). The van der Waals surface area contributed by atoms with Crippen molar-refractivity contribution in [1.29, 1.82) is 0 Å². The van der Waals surface area contributed by atoms with Crippen molar-refractivity contribution >= 4 is 11.8 Å². The van der Waals surface area contributed by atoms with Gasteiger partial charge in [-0.25, -0.2) is 9.67 Å². The molecule has 142 valence electrons. The van der Waals surface area contributed by atoms with Gasteiger partial charge in [-0.1, -0.05) is 48.5 Å². The van der Waals surface area contributed by atoms with E-state index in [0.717, 1.165) is 17.7 Å². The summed E-state index contributed by atoms with van der Waals surface area (Å²) in [7, 11) is 1.58. The first-order valence-electron chi connectivity index (χ1n) is 9.29. The van der Waals surface area contributed by atoms with E-state index in [0.29, 0.717) is 18.8 Å². The van der Waals surface area contributed by atoms with Gasteiger partial charge in [0, 0.05) is 19.2 Å². The summed E-state index contributed by atoms with van der Waals surface area (Å²) in [5.41, 5.74) is 1.68. The number of hydrogen-bond donors (Lipinski definition) is 1. The summed E-state index contributed by atoms with van der Waals surface area (Å²) >= 11 is 0. The largest absolute Gasteiger partial charge is 0.357 e. The van der Waals surface area contributed by atoms with Crippen LogP contribution in [0, 0.1) is 0 Å². The monoisotopic (exact) mass is 375 g/mol. The van der Waals surface area contributed by atoms with Crippen LogP contribution in [0.5, 0.6) is 0 Å². The first-order chi connectivity index (χ1) is 13.7. The quantitative estimate of drug-likeness (QED) is 0.759. The average molecular weight is 375 g/mol. The second-order valence-corrected chi connectivity index (χ2v) is 6.64. The second-order valence-electron chi connectivity index (χ2n) is 6.64. The van der Waals surface area contributed by atoms with Crippen LogP contribution in [0.15, 0.2) is 60.7 Å². The number of rotatable bonds is 4. The third kappa shape index (κ3) is 3.26. The van der Waals surface area contributed by atoms with E-state index in [1.54, 1.807) is 16.6 Å². The number of aromatic nitrogens is 3. The molecule has 3 aromatic rings. The molecule has 0 aliphatic carbocycles. The lowest BCUT2D eigenvalue weighted by molar-refractivity contribution is -0.124. The predicted octanol–water partition coefficient (Wildman–Crippen LogP) is 2.28. The summed E-state index contributed by atoms with van der Waals surface area (Å²) in [6.45, 7) is 0.525. The maximum atomic E-state index is 13.1.